The lowest BCUT2D eigenvalue weighted by molar-refractivity contribution is -0.129. The first-order valence-corrected chi connectivity index (χ1v) is 9.64. The van der Waals surface area contributed by atoms with Crippen molar-refractivity contribution in [2.45, 2.75) is 34.1 Å². The van der Waals surface area contributed by atoms with E-state index in [-0.39, 0.29) is 12.3 Å². The summed E-state index contributed by atoms with van der Waals surface area (Å²) in [6.07, 6.45) is 0.282. The minimum atomic E-state index is 0.0220. The number of aryl methyl sites for hydroxylation is 3. The van der Waals surface area contributed by atoms with Crippen molar-refractivity contribution in [2.75, 3.05) is 20.2 Å². The van der Waals surface area contributed by atoms with Crippen LogP contribution in [0.3, 0.4) is 0 Å². The molecule has 0 bridgehead atoms. The van der Waals surface area contributed by atoms with E-state index in [0.29, 0.717) is 19.1 Å². The van der Waals surface area contributed by atoms with Crippen LogP contribution in [0.25, 0.3) is 5.95 Å². The average Bonchev–Trinajstić information content (AvgIpc) is 2.96. The van der Waals surface area contributed by atoms with Gasteiger partial charge in [-0.3, -0.25) is 4.79 Å². The van der Waals surface area contributed by atoms with E-state index in [1.165, 1.54) is 0 Å². The van der Waals surface area contributed by atoms with Gasteiger partial charge in [0.05, 0.1) is 18.7 Å². The zero-order valence-electron chi connectivity index (χ0n) is 17.6. The number of hydrogen-bond acceptors (Lipinski definition) is 5. The molecule has 7 heteroatoms. The molecule has 0 fully saturated rings. The standard InChI is InChI=1S/C22H27N5O2/c1-15-13-16(2)24-22(23-15)27-18(4)20(17(3)25-27)14-21(28)26(5)11-12-29-19-9-7-6-8-10-19/h6-10,13H,11-12,14H2,1-5H3. The van der Waals surface area contributed by atoms with Crippen molar-refractivity contribution in [3.63, 3.8) is 0 Å². The molecule has 7 nitrogen and oxygen atoms in total. The zero-order valence-corrected chi connectivity index (χ0v) is 17.6. The molecule has 29 heavy (non-hydrogen) atoms. The van der Waals surface area contributed by atoms with Gasteiger partial charge in [0.2, 0.25) is 5.91 Å². The van der Waals surface area contributed by atoms with Gasteiger partial charge in [0.1, 0.15) is 12.4 Å². The zero-order chi connectivity index (χ0) is 21.0. The summed E-state index contributed by atoms with van der Waals surface area (Å²) in [5, 5.41) is 4.57. The Morgan fingerprint density at radius 1 is 1.07 bits per heavy atom. The summed E-state index contributed by atoms with van der Waals surface area (Å²) in [5.74, 6) is 1.36. The van der Waals surface area contributed by atoms with Crippen LogP contribution in [0.2, 0.25) is 0 Å². The molecule has 2 heterocycles. The summed E-state index contributed by atoms with van der Waals surface area (Å²) in [7, 11) is 1.79. The van der Waals surface area contributed by atoms with E-state index in [9.17, 15) is 4.79 Å². The van der Waals surface area contributed by atoms with Gasteiger partial charge in [0.25, 0.3) is 5.95 Å². The van der Waals surface area contributed by atoms with E-state index in [1.807, 2.05) is 64.1 Å². The summed E-state index contributed by atoms with van der Waals surface area (Å²) in [6, 6.07) is 11.5. The van der Waals surface area contributed by atoms with Gasteiger partial charge in [-0.05, 0) is 45.9 Å². The molecule has 152 valence electrons. The highest BCUT2D eigenvalue weighted by Crippen LogP contribution is 2.18. The number of hydrogen-bond donors (Lipinski definition) is 0. The number of aromatic nitrogens is 4. The van der Waals surface area contributed by atoms with Crippen LogP contribution < -0.4 is 4.74 Å². The number of carbonyl (C=O) groups excluding carboxylic acids is 1. The second-order valence-electron chi connectivity index (χ2n) is 7.17. The van der Waals surface area contributed by atoms with Gasteiger partial charge in [-0.25, -0.2) is 14.6 Å². The van der Waals surface area contributed by atoms with E-state index in [0.717, 1.165) is 34.1 Å². The molecule has 2 aromatic heterocycles. The number of likely N-dealkylation sites (N-methyl/N-ethyl adjacent to an activating group) is 1. The number of para-hydroxylation sites is 1. The van der Waals surface area contributed by atoms with Crippen molar-refractivity contribution in [3.8, 4) is 11.7 Å². The number of nitrogens with zero attached hydrogens (tertiary/aromatic N) is 5. The quantitative estimate of drug-likeness (QED) is 0.617. The number of benzene rings is 1. The Kier molecular flexibility index (Phi) is 6.26. The lowest BCUT2D eigenvalue weighted by atomic mass is 10.1. The van der Waals surface area contributed by atoms with Crippen LogP contribution in [0.5, 0.6) is 5.75 Å². The first kappa shape index (κ1) is 20.5. The number of ether oxygens (including phenoxy) is 1. The molecule has 0 unspecified atom stereocenters. The molecular formula is C22H27N5O2. The Morgan fingerprint density at radius 3 is 2.38 bits per heavy atom. The molecule has 1 aromatic carbocycles. The highest BCUT2D eigenvalue weighted by molar-refractivity contribution is 5.79. The molecule has 0 atom stereocenters. The fourth-order valence-electron chi connectivity index (χ4n) is 3.16. The molecule has 0 spiro atoms. The van der Waals surface area contributed by atoms with Crippen molar-refractivity contribution in [3.05, 3.63) is 64.7 Å². The Balaban J connectivity index is 1.66. The first-order valence-electron chi connectivity index (χ1n) is 9.64. The SMILES string of the molecule is Cc1cc(C)nc(-n2nc(C)c(CC(=O)N(C)CCOc3ccccc3)c2C)n1. The van der Waals surface area contributed by atoms with E-state index >= 15 is 0 Å². The second kappa shape index (κ2) is 8.86. The van der Waals surface area contributed by atoms with Gasteiger partial charge in [0, 0.05) is 29.7 Å². The molecule has 3 aromatic rings. The maximum Gasteiger partial charge on any atom is 0.251 e. The molecule has 0 aliphatic rings. The van der Waals surface area contributed by atoms with Crippen LogP contribution in [-0.2, 0) is 11.2 Å². The number of rotatable bonds is 7. The fraction of sp³-hybridized carbons (Fsp3) is 0.364. The largest absolute Gasteiger partial charge is 0.492 e. The fourth-order valence-corrected chi connectivity index (χ4v) is 3.16. The van der Waals surface area contributed by atoms with Gasteiger partial charge in [0.15, 0.2) is 0 Å². The highest BCUT2D eigenvalue weighted by atomic mass is 16.5. The van der Waals surface area contributed by atoms with Gasteiger partial charge in [-0.15, -0.1) is 0 Å². The smallest absolute Gasteiger partial charge is 0.251 e. The lowest BCUT2D eigenvalue weighted by Crippen LogP contribution is -2.32. The number of carbonyl (C=O) groups is 1. The summed E-state index contributed by atoms with van der Waals surface area (Å²) in [4.78, 5) is 23.4. The summed E-state index contributed by atoms with van der Waals surface area (Å²) < 4.78 is 7.40. The third-order valence-corrected chi connectivity index (χ3v) is 4.79. The summed E-state index contributed by atoms with van der Waals surface area (Å²) >= 11 is 0. The van der Waals surface area contributed by atoms with E-state index in [2.05, 4.69) is 15.1 Å². The van der Waals surface area contributed by atoms with E-state index in [4.69, 9.17) is 4.74 Å². The van der Waals surface area contributed by atoms with Crippen LogP contribution in [0.1, 0.15) is 28.3 Å². The molecule has 0 saturated carbocycles. The monoisotopic (exact) mass is 393 g/mol. The normalized spacial score (nSPS) is 10.8. The molecule has 0 N–H and O–H groups in total. The van der Waals surface area contributed by atoms with Crippen molar-refractivity contribution in [1.82, 2.24) is 24.6 Å². The van der Waals surface area contributed by atoms with Crippen LogP contribution in [0.15, 0.2) is 36.4 Å². The molecule has 0 radical (unpaired) electrons. The van der Waals surface area contributed by atoms with Crippen molar-refractivity contribution in [2.24, 2.45) is 0 Å². The molecule has 0 saturated heterocycles. The maximum atomic E-state index is 12.7. The average molecular weight is 393 g/mol. The molecule has 3 rings (SSSR count). The molecular weight excluding hydrogens is 366 g/mol. The van der Waals surface area contributed by atoms with Gasteiger partial charge in [-0.2, -0.15) is 5.10 Å². The van der Waals surface area contributed by atoms with Crippen LogP contribution in [0, 0.1) is 27.7 Å². The van der Waals surface area contributed by atoms with Gasteiger partial charge in [-0.1, -0.05) is 18.2 Å². The Hall–Kier alpha value is -3.22. The summed E-state index contributed by atoms with van der Waals surface area (Å²) in [6.45, 7) is 8.68. The first-order chi connectivity index (χ1) is 13.8. The van der Waals surface area contributed by atoms with Crippen LogP contribution >= 0.6 is 0 Å². The minimum absolute atomic E-state index is 0.0220. The molecule has 0 aliphatic heterocycles. The van der Waals surface area contributed by atoms with Crippen molar-refractivity contribution < 1.29 is 9.53 Å². The van der Waals surface area contributed by atoms with Gasteiger partial charge >= 0.3 is 0 Å². The predicted molar refractivity (Wildman–Crippen MR) is 111 cm³/mol. The highest BCUT2D eigenvalue weighted by Gasteiger charge is 2.19. The van der Waals surface area contributed by atoms with Crippen LogP contribution in [0.4, 0.5) is 0 Å². The Labute approximate surface area is 171 Å². The topological polar surface area (TPSA) is 73.1 Å². The predicted octanol–water partition coefficient (Wildman–Crippen LogP) is 2.98. The van der Waals surface area contributed by atoms with Gasteiger partial charge < -0.3 is 9.64 Å². The van der Waals surface area contributed by atoms with Crippen molar-refractivity contribution >= 4 is 5.91 Å². The summed E-state index contributed by atoms with van der Waals surface area (Å²) in [5.41, 5.74) is 4.38. The molecule has 1 amide bonds. The van der Waals surface area contributed by atoms with Crippen molar-refractivity contribution in [1.29, 1.82) is 0 Å². The maximum absolute atomic E-state index is 12.7. The van der Waals surface area contributed by atoms with E-state index < -0.39 is 0 Å². The third kappa shape index (κ3) is 4.99. The van der Waals surface area contributed by atoms with E-state index in [1.54, 1.807) is 16.6 Å². The third-order valence-electron chi connectivity index (χ3n) is 4.79. The lowest BCUT2D eigenvalue weighted by Gasteiger charge is -2.17. The minimum Gasteiger partial charge on any atom is -0.492 e. The van der Waals surface area contributed by atoms with Crippen LogP contribution in [-0.4, -0.2) is 50.8 Å². The second-order valence-corrected chi connectivity index (χ2v) is 7.17. The molecule has 0 aliphatic carbocycles. The Morgan fingerprint density at radius 2 is 1.72 bits per heavy atom. The number of amides is 1. The Bertz CT molecular complexity index is 978.